The first-order chi connectivity index (χ1) is 18.7. The summed E-state index contributed by atoms with van der Waals surface area (Å²) in [6.45, 7) is 3.72. The fraction of sp³-hybridized carbons (Fsp3) is 0.172. The van der Waals surface area contributed by atoms with Crippen LogP contribution in [0, 0.1) is 13.8 Å². The first kappa shape index (κ1) is 26.1. The van der Waals surface area contributed by atoms with Gasteiger partial charge in [-0.25, -0.2) is 4.79 Å². The molecule has 0 spiro atoms. The topological polar surface area (TPSA) is 111 Å². The number of nitrogens with zero attached hydrogens (tertiary/aromatic N) is 2. The largest absolute Gasteiger partial charge is 0.463 e. The van der Waals surface area contributed by atoms with Gasteiger partial charge in [-0.15, -0.1) is 0 Å². The van der Waals surface area contributed by atoms with Crippen LogP contribution < -0.4 is 5.32 Å². The first-order valence-corrected chi connectivity index (χ1v) is 12.9. The Hall–Kier alpha value is -4.57. The molecule has 198 valence electrons. The van der Waals surface area contributed by atoms with Crippen molar-refractivity contribution in [3.8, 4) is 0 Å². The van der Waals surface area contributed by atoms with E-state index in [0.717, 1.165) is 44.3 Å². The van der Waals surface area contributed by atoms with Gasteiger partial charge in [0.25, 0.3) is 11.1 Å². The van der Waals surface area contributed by atoms with E-state index in [0.29, 0.717) is 18.0 Å². The molecule has 1 saturated heterocycles. The summed E-state index contributed by atoms with van der Waals surface area (Å²) in [5.41, 5.74) is 4.07. The molecule has 5 rings (SSSR count). The Balaban J connectivity index is 1.37. The number of thioether (sulfide) groups is 1. The lowest BCUT2D eigenvalue weighted by Gasteiger charge is -2.15. The van der Waals surface area contributed by atoms with E-state index in [-0.39, 0.29) is 17.2 Å². The molecule has 3 amide bonds. The predicted molar refractivity (Wildman–Crippen MR) is 148 cm³/mol. The first-order valence-electron chi connectivity index (χ1n) is 12.1. The number of imide groups is 1. The van der Waals surface area contributed by atoms with Crippen LogP contribution in [0.1, 0.15) is 33.0 Å². The van der Waals surface area contributed by atoms with Crippen LogP contribution in [0.4, 0.5) is 10.5 Å². The van der Waals surface area contributed by atoms with Crippen LogP contribution in [0.2, 0.25) is 0 Å². The Morgan fingerprint density at radius 1 is 1.03 bits per heavy atom. The van der Waals surface area contributed by atoms with Gasteiger partial charge in [0, 0.05) is 28.4 Å². The third kappa shape index (κ3) is 5.23. The van der Waals surface area contributed by atoms with Crippen LogP contribution in [0.5, 0.6) is 0 Å². The molecule has 3 heterocycles. The lowest BCUT2D eigenvalue weighted by Crippen LogP contribution is -2.36. The van der Waals surface area contributed by atoms with E-state index < -0.39 is 23.0 Å². The molecule has 10 heteroatoms. The second kappa shape index (κ2) is 10.7. The minimum atomic E-state index is -0.558. The molecule has 0 atom stereocenters. The highest BCUT2D eigenvalue weighted by Gasteiger charge is 2.36. The molecule has 39 heavy (non-hydrogen) atoms. The van der Waals surface area contributed by atoms with Crippen molar-refractivity contribution in [1.82, 2.24) is 9.47 Å². The second-order valence-electron chi connectivity index (χ2n) is 9.07. The number of benzene rings is 2. The molecular formula is C29H25N3O6S. The van der Waals surface area contributed by atoms with Gasteiger partial charge in [-0.1, -0.05) is 36.4 Å². The number of aromatic nitrogens is 1. The number of amides is 3. The fourth-order valence-corrected chi connectivity index (χ4v) is 5.30. The molecule has 2 aromatic carbocycles. The van der Waals surface area contributed by atoms with Gasteiger partial charge in [0.05, 0.1) is 18.6 Å². The van der Waals surface area contributed by atoms with Crippen molar-refractivity contribution in [2.45, 2.75) is 20.4 Å². The Kier molecular flexibility index (Phi) is 7.12. The maximum absolute atomic E-state index is 13.1. The lowest BCUT2D eigenvalue weighted by molar-refractivity contribution is -0.127. The van der Waals surface area contributed by atoms with Crippen molar-refractivity contribution in [3.05, 3.63) is 93.9 Å². The van der Waals surface area contributed by atoms with E-state index in [1.165, 1.54) is 7.11 Å². The summed E-state index contributed by atoms with van der Waals surface area (Å²) < 4.78 is 12.2. The molecule has 2 aromatic heterocycles. The Morgan fingerprint density at radius 3 is 2.51 bits per heavy atom. The Bertz CT molecular complexity index is 1640. The SMILES string of the molecule is COC(=O)c1ccc(Cn2cc(/C=C3\SC(=O)N(CC(=O)Nc4c(C)cccc4C)C3=O)c3ccccc32)o1. The molecule has 0 saturated carbocycles. The summed E-state index contributed by atoms with van der Waals surface area (Å²) in [6.07, 6.45) is 3.52. The number of carbonyl (C=O) groups excluding carboxylic acids is 4. The third-order valence-corrected chi connectivity index (χ3v) is 7.31. The minimum absolute atomic E-state index is 0.111. The van der Waals surface area contributed by atoms with E-state index in [1.807, 2.05) is 67.1 Å². The van der Waals surface area contributed by atoms with Gasteiger partial charge in [0.15, 0.2) is 0 Å². The highest BCUT2D eigenvalue weighted by Crippen LogP contribution is 2.34. The van der Waals surface area contributed by atoms with Gasteiger partial charge >= 0.3 is 5.97 Å². The van der Waals surface area contributed by atoms with Crippen molar-refractivity contribution in [2.24, 2.45) is 0 Å². The highest BCUT2D eigenvalue weighted by molar-refractivity contribution is 8.18. The van der Waals surface area contributed by atoms with Gasteiger partial charge < -0.3 is 19.0 Å². The number of aryl methyl sites for hydroxylation is 2. The molecule has 1 N–H and O–H groups in total. The van der Waals surface area contributed by atoms with E-state index in [9.17, 15) is 19.2 Å². The summed E-state index contributed by atoms with van der Waals surface area (Å²) in [6, 6.07) is 16.5. The normalized spacial score (nSPS) is 14.4. The number of para-hydroxylation sites is 2. The van der Waals surface area contributed by atoms with E-state index in [2.05, 4.69) is 5.32 Å². The number of furan rings is 1. The van der Waals surface area contributed by atoms with Gasteiger partial charge in [0.2, 0.25) is 11.7 Å². The highest BCUT2D eigenvalue weighted by atomic mass is 32.2. The van der Waals surface area contributed by atoms with Gasteiger partial charge in [-0.2, -0.15) is 0 Å². The number of esters is 1. The quantitative estimate of drug-likeness (QED) is 0.247. The zero-order valence-corrected chi connectivity index (χ0v) is 22.3. The van der Waals surface area contributed by atoms with Gasteiger partial charge in [-0.3, -0.25) is 19.3 Å². The maximum atomic E-state index is 13.1. The second-order valence-corrected chi connectivity index (χ2v) is 10.1. The molecule has 0 radical (unpaired) electrons. The predicted octanol–water partition coefficient (Wildman–Crippen LogP) is 5.36. The van der Waals surface area contributed by atoms with E-state index in [4.69, 9.17) is 9.15 Å². The number of methoxy groups -OCH3 is 1. The van der Waals surface area contributed by atoms with E-state index in [1.54, 1.807) is 18.2 Å². The number of nitrogens with one attached hydrogen (secondary N) is 1. The third-order valence-electron chi connectivity index (χ3n) is 6.40. The van der Waals surface area contributed by atoms with Crippen LogP contribution in [0.15, 0.2) is 70.1 Å². The van der Waals surface area contributed by atoms with Crippen LogP contribution in [-0.2, 0) is 20.9 Å². The molecule has 1 aliphatic rings. The van der Waals surface area contributed by atoms with Crippen molar-refractivity contribution in [2.75, 3.05) is 19.0 Å². The number of hydrogen-bond donors (Lipinski definition) is 1. The zero-order chi connectivity index (χ0) is 27.7. The maximum Gasteiger partial charge on any atom is 0.373 e. The number of anilines is 1. The summed E-state index contributed by atoms with van der Waals surface area (Å²) >= 11 is 0.801. The lowest BCUT2D eigenvalue weighted by atomic mass is 10.1. The number of fused-ring (bicyclic) bond motifs is 1. The minimum Gasteiger partial charge on any atom is -0.463 e. The molecule has 1 fully saturated rings. The van der Waals surface area contributed by atoms with Crippen LogP contribution >= 0.6 is 11.8 Å². The monoisotopic (exact) mass is 543 g/mol. The van der Waals surface area contributed by atoms with Crippen molar-refractivity contribution in [1.29, 1.82) is 0 Å². The Labute approximate surface area is 228 Å². The zero-order valence-electron chi connectivity index (χ0n) is 21.5. The Morgan fingerprint density at radius 2 is 1.77 bits per heavy atom. The van der Waals surface area contributed by atoms with Gasteiger partial charge in [-0.05, 0) is 61.0 Å². The summed E-state index contributed by atoms with van der Waals surface area (Å²) in [7, 11) is 1.29. The van der Waals surface area contributed by atoms with Crippen molar-refractivity contribution >= 4 is 57.5 Å². The number of hydrogen-bond acceptors (Lipinski definition) is 7. The van der Waals surface area contributed by atoms with Gasteiger partial charge in [0.1, 0.15) is 12.3 Å². The average molecular weight is 544 g/mol. The molecule has 4 aromatic rings. The number of ether oxygens (including phenoxy) is 1. The molecular weight excluding hydrogens is 518 g/mol. The number of carbonyl (C=O) groups is 4. The summed E-state index contributed by atoms with van der Waals surface area (Å²) in [5, 5.41) is 3.19. The molecule has 0 aliphatic carbocycles. The molecule has 1 aliphatic heterocycles. The van der Waals surface area contributed by atoms with Crippen molar-refractivity contribution < 1.29 is 28.3 Å². The van der Waals surface area contributed by atoms with Crippen molar-refractivity contribution in [3.63, 3.8) is 0 Å². The average Bonchev–Trinajstić information content (AvgIpc) is 3.60. The summed E-state index contributed by atoms with van der Waals surface area (Å²) in [5.74, 6) is -0.861. The molecule has 0 bridgehead atoms. The molecule has 0 unspecified atom stereocenters. The van der Waals surface area contributed by atoms with E-state index >= 15 is 0 Å². The van der Waals surface area contributed by atoms with Crippen LogP contribution in [0.25, 0.3) is 17.0 Å². The smallest absolute Gasteiger partial charge is 0.373 e. The number of rotatable bonds is 7. The van der Waals surface area contributed by atoms with Crippen LogP contribution in [-0.4, -0.2) is 46.1 Å². The van der Waals surface area contributed by atoms with Crippen LogP contribution in [0.3, 0.4) is 0 Å². The standard InChI is InChI=1S/C29H25N3O6S/c1-17-7-6-8-18(2)26(17)30-25(33)16-32-27(34)24(39-29(32)36)13-19-14-31(22-10-5-4-9-21(19)22)15-20-11-12-23(38-20)28(35)37-3/h4-14H,15-16H2,1-3H3,(H,30,33)/b24-13-. The fourth-order valence-electron chi connectivity index (χ4n) is 4.47. The summed E-state index contributed by atoms with van der Waals surface area (Å²) in [4.78, 5) is 51.5. The molecule has 9 nitrogen and oxygen atoms in total.